The second kappa shape index (κ2) is 5.01. The van der Waals surface area contributed by atoms with Gasteiger partial charge < -0.3 is 15.2 Å². The molecule has 0 saturated heterocycles. The number of methoxy groups -OCH3 is 2. The van der Waals surface area contributed by atoms with Crippen molar-refractivity contribution >= 4 is 11.7 Å². The molecule has 0 aromatic heterocycles. The van der Waals surface area contributed by atoms with E-state index in [1.807, 2.05) is 0 Å². The average molecular weight is 242 g/mol. The molecule has 0 aliphatic heterocycles. The fourth-order valence-corrected chi connectivity index (χ4v) is 1.19. The summed E-state index contributed by atoms with van der Waals surface area (Å²) in [6.07, 6.45) is 0. The predicted molar refractivity (Wildman–Crippen MR) is 56.4 cm³/mol. The molecule has 0 spiro atoms. The molecule has 0 fully saturated rings. The summed E-state index contributed by atoms with van der Waals surface area (Å²) in [4.78, 5) is 25.1. The first-order valence-corrected chi connectivity index (χ1v) is 4.37. The minimum atomic E-state index is -1.21. The van der Waals surface area contributed by atoms with Gasteiger partial charge in [0.25, 0.3) is 0 Å². The summed E-state index contributed by atoms with van der Waals surface area (Å²) in [5, 5.41) is 8.83. The van der Waals surface area contributed by atoms with Gasteiger partial charge >= 0.3 is 11.1 Å². The van der Waals surface area contributed by atoms with E-state index in [0.29, 0.717) is 5.75 Å². The van der Waals surface area contributed by atoms with E-state index in [-0.39, 0.29) is 17.0 Å². The van der Waals surface area contributed by atoms with Crippen LogP contribution in [0, 0.1) is 10.1 Å². The van der Waals surface area contributed by atoms with Crippen LogP contribution in [0.1, 0.15) is 10.4 Å². The second-order valence-corrected chi connectivity index (χ2v) is 2.90. The molecule has 8 nitrogen and oxygen atoms in total. The van der Waals surface area contributed by atoms with E-state index in [4.69, 9.17) is 15.2 Å². The van der Waals surface area contributed by atoms with Crippen LogP contribution in [0.5, 0.6) is 11.5 Å². The Morgan fingerprint density at radius 3 is 2.29 bits per heavy atom. The van der Waals surface area contributed by atoms with Crippen LogP contribution in [0.3, 0.4) is 0 Å². The number of hydrogen-bond donors (Lipinski definition) is 1. The molecule has 17 heavy (non-hydrogen) atoms. The molecule has 8 heteroatoms. The zero-order valence-corrected chi connectivity index (χ0v) is 9.13. The quantitative estimate of drug-likeness (QED) is 0.468. The van der Waals surface area contributed by atoms with E-state index in [1.165, 1.54) is 26.4 Å². The molecule has 0 bridgehead atoms. The van der Waals surface area contributed by atoms with Gasteiger partial charge in [-0.3, -0.25) is 4.79 Å². The molecule has 92 valence electrons. The third-order valence-corrected chi connectivity index (χ3v) is 1.93. The molecule has 1 aromatic carbocycles. The standard InChI is InChI=1S/C9H10N2O6/c1-15-7-3-5(9(12)17-11(13)14)6(10)4-8(7)16-2/h3-4H,10H2,1-2H3. The van der Waals surface area contributed by atoms with Crippen molar-refractivity contribution in [1.29, 1.82) is 0 Å². The minimum absolute atomic E-state index is 0.00509. The maximum Gasteiger partial charge on any atom is 0.336 e. The number of ether oxygens (including phenoxy) is 2. The van der Waals surface area contributed by atoms with E-state index in [9.17, 15) is 14.9 Å². The number of anilines is 1. The molecule has 0 amide bonds. The van der Waals surface area contributed by atoms with Crippen molar-refractivity contribution < 1.29 is 24.2 Å². The number of carbonyl (C=O) groups is 1. The van der Waals surface area contributed by atoms with Crippen LogP contribution in [-0.2, 0) is 4.84 Å². The van der Waals surface area contributed by atoms with Crippen molar-refractivity contribution in [1.82, 2.24) is 0 Å². The number of rotatable bonds is 4. The molecule has 0 radical (unpaired) electrons. The van der Waals surface area contributed by atoms with Crippen molar-refractivity contribution in [3.8, 4) is 11.5 Å². The molecular formula is C9H10N2O6. The SMILES string of the molecule is COc1cc(N)c(C(=O)O[N+](=O)[O-])cc1OC. The summed E-state index contributed by atoms with van der Waals surface area (Å²) < 4.78 is 9.87. The third-order valence-electron chi connectivity index (χ3n) is 1.93. The van der Waals surface area contributed by atoms with E-state index < -0.39 is 11.1 Å². The summed E-state index contributed by atoms with van der Waals surface area (Å²) >= 11 is 0. The van der Waals surface area contributed by atoms with Gasteiger partial charge in [0.2, 0.25) is 0 Å². The Kier molecular flexibility index (Phi) is 3.70. The highest BCUT2D eigenvalue weighted by molar-refractivity contribution is 5.95. The van der Waals surface area contributed by atoms with Crippen molar-refractivity contribution in [2.75, 3.05) is 20.0 Å². The highest BCUT2D eigenvalue weighted by Gasteiger charge is 2.18. The highest BCUT2D eigenvalue weighted by Crippen LogP contribution is 2.32. The summed E-state index contributed by atoms with van der Waals surface area (Å²) in [5.74, 6) is -0.645. The van der Waals surface area contributed by atoms with Crippen LogP contribution in [0.25, 0.3) is 0 Å². The van der Waals surface area contributed by atoms with Crippen molar-refractivity contribution in [2.45, 2.75) is 0 Å². The third kappa shape index (κ3) is 2.74. The number of benzene rings is 1. The number of nitrogen functional groups attached to an aromatic ring is 1. The number of nitrogens with zero attached hydrogens (tertiary/aromatic N) is 1. The van der Waals surface area contributed by atoms with Gasteiger partial charge in [0.1, 0.15) is 0 Å². The van der Waals surface area contributed by atoms with Gasteiger partial charge in [-0.1, -0.05) is 0 Å². The Balaban J connectivity index is 3.16. The van der Waals surface area contributed by atoms with Gasteiger partial charge in [-0.25, -0.2) is 4.84 Å². The van der Waals surface area contributed by atoms with E-state index in [0.717, 1.165) is 0 Å². The Labute approximate surface area is 96.0 Å². The number of carbonyl (C=O) groups excluding carboxylic acids is 1. The van der Waals surface area contributed by atoms with Gasteiger partial charge in [0.15, 0.2) is 11.5 Å². The Morgan fingerprint density at radius 2 is 1.82 bits per heavy atom. The lowest BCUT2D eigenvalue weighted by atomic mass is 10.1. The van der Waals surface area contributed by atoms with Gasteiger partial charge in [-0.15, -0.1) is 10.1 Å². The lowest BCUT2D eigenvalue weighted by Gasteiger charge is -2.10. The normalized spacial score (nSPS) is 9.53. The zero-order valence-electron chi connectivity index (χ0n) is 9.13. The highest BCUT2D eigenvalue weighted by atomic mass is 17.0. The van der Waals surface area contributed by atoms with E-state index in [2.05, 4.69) is 4.84 Å². The maximum absolute atomic E-state index is 11.3. The topological polar surface area (TPSA) is 114 Å². The van der Waals surface area contributed by atoms with Gasteiger partial charge in [-0.05, 0) is 6.07 Å². The molecule has 1 rings (SSSR count). The summed E-state index contributed by atoms with van der Waals surface area (Å²) in [6.45, 7) is 0. The molecule has 0 heterocycles. The van der Waals surface area contributed by atoms with E-state index >= 15 is 0 Å². The van der Waals surface area contributed by atoms with Crippen LogP contribution < -0.4 is 15.2 Å². The fraction of sp³-hybridized carbons (Fsp3) is 0.222. The van der Waals surface area contributed by atoms with Crippen LogP contribution >= 0.6 is 0 Å². The molecule has 0 saturated carbocycles. The average Bonchev–Trinajstić information content (AvgIpc) is 2.27. The number of nitrogens with two attached hydrogens (primary N) is 1. The summed E-state index contributed by atoms with van der Waals surface area (Å²) in [7, 11) is 2.75. The van der Waals surface area contributed by atoms with Crippen LogP contribution in [0.15, 0.2) is 12.1 Å². The molecule has 0 aliphatic carbocycles. The predicted octanol–water partition coefficient (Wildman–Crippen LogP) is 0.634. The first-order valence-electron chi connectivity index (χ1n) is 4.37. The molecule has 2 N–H and O–H groups in total. The molecule has 0 aliphatic rings. The maximum atomic E-state index is 11.3. The van der Waals surface area contributed by atoms with Crippen molar-refractivity contribution in [2.24, 2.45) is 0 Å². The van der Waals surface area contributed by atoms with Crippen LogP contribution in [0.2, 0.25) is 0 Å². The van der Waals surface area contributed by atoms with Crippen molar-refractivity contribution in [3.05, 3.63) is 27.8 Å². The zero-order chi connectivity index (χ0) is 13.0. The van der Waals surface area contributed by atoms with Gasteiger partial charge in [0.05, 0.1) is 19.8 Å². The minimum Gasteiger partial charge on any atom is -0.493 e. The van der Waals surface area contributed by atoms with E-state index in [1.54, 1.807) is 0 Å². The fourth-order valence-electron chi connectivity index (χ4n) is 1.19. The molecule has 0 unspecified atom stereocenters. The Morgan fingerprint density at radius 1 is 1.29 bits per heavy atom. The van der Waals surface area contributed by atoms with Crippen LogP contribution in [-0.4, -0.2) is 25.3 Å². The Hall–Kier alpha value is -2.51. The Bertz CT molecular complexity index is 459. The van der Waals surface area contributed by atoms with Gasteiger partial charge in [-0.2, -0.15) is 0 Å². The lowest BCUT2D eigenvalue weighted by molar-refractivity contribution is -0.727. The first-order chi connectivity index (χ1) is 7.99. The first kappa shape index (κ1) is 12.6. The molecule has 0 atom stereocenters. The second-order valence-electron chi connectivity index (χ2n) is 2.90. The summed E-state index contributed by atoms with van der Waals surface area (Å²) in [5.41, 5.74) is 5.37. The lowest BCUT2D eigenvalue weighted by Crippen LogP contribution is -2.13. The van der Waals surface area contributed by atoms with Gasteiger partial charge in [0, 0.05) is 11.8 Å². The summed E-state index contributed by atoms with van der Waals surface area (Å²) in [6, 6.07) is 2.52. The number of hydrogen-bond acceptors (Lipinski definition) is 7. The molecular weight excluding hydrogens is 232 g/mol. The monoisotopic (exact) mass is 242 g/mol. The smallest absolute Gasteiger partial charge is 0.336 e. The molecule has 1 aromatic rings. The van der Waals surface area contributed by atoms with Crippen molar-refractivity contribution in [3.63, 3.8) is 0 Å². The van der Waals surface area contributed by atoms with Crippen LogP contribution in [0.4, 0.5) is 5.69 Å². The largest absolute Gasteiger partial charge is 0.493 e.